The zero-order chi connectivity index (χ0) is 19.5. The van der Waals surface area contributed by atoms with Gasteiger partial charge in [0, 0.05) is 25.9 Å². The van der Waals surface area contributed by atoms with Gasteiger partial charge < -0.3 is 19.2 Å². The topological polar surface area (TPSA) is 99.8 Å². The number of rotatable bonds is 7. The molecule has 9 nitrogen and oxygen atoms in total. The number of methoxy groups -OCH3 is 1. The number of pyridine rings is 1. The van der Waals surface area contributed by atoms with E-state index < -0.39 is 0 Å². The Morgan fingerprint density at radius 1 is 1.32 bits per heavy atom. The van der Waals surface area contributed by atoms with Crippen LogP contribution in [0.5, 0.6) is 0 Å². The van der Waals surface area contributed by atoms with Crippen LogP contribution in [0.1, 0.15) is 60.9 Å². The number of carbonyl (C=O) groups is 1. The fourth-order valence-electron chi connectivity index (χ4n) is 3.80. The largest absolute Gasteiger partial charge is 0.383 e. The van der Waals surface area contributed by atoms with Crippen molar-refractivity contribution in [3.05, 3.63) is 36.3 Å². The Morgan fingerprint density at radius 2 is 2.14 bits per heavy atom. The van der Waals surface area contributed by atoms with Gasteiger partial charge in [-0.2, -0.15) is 0 Å². The smallest absolute Gasteiger partial charge is 0.253 e. The number of imidazole rings is 1. The molecule has 3 heterocycles. The van der Waals surface area contributed by atoms with Gasteiger partial charge in [-0.15, -0.1) is 10.2 Å². The first kappa shape index (κ1) is 18.5. The predicted octanol–water partition coefficient (Wildman–Crippen LogP) is 2.28. The number of fused-ring (bicyclic) bond motifs is 1. The summed E-state index contributed by atoms with van der Waals surface area (Å²) in [6, 6.07) is 1.97. The first-order valence-corrected chi connectivity index (χ1v) is 9.67. The lowest BCUT2D eigenvalue weighted by Gasteiger charge is -2.15. The van der Waals surface area contributed by atoms with Crippen LogP contribution >= 0.6 is 0 Å². The van der Waals surface area contributed by atoms with E-state index in [0.717, 1.165) is 24.0 Å². The van der Waals surface area contributed by atoms with E-state index in [1.165, 1.54) is 12.8 Å². The second-order valence-electron chi connectivity index (χ2n) is 7.23. The van der Waals surface area contributed by atoms with Crippen molar-refractivity contribution in [2.45, 2.75) is 51.2 Å². The van der Waals surface area contributed by atoms with Crippen molar-refractivity contribution in [3.8, 4) is 0 Å². The maximum atomic E-state index is 12.7. The molecule has 3 aromatic rings. The molecule has 4 rings (SSSR count). The third-order valence-corrected chi connectivity index (χ3v) is 5.31. The Hall–Kier alpha value is -2.81. The Kier molecular flexibility index (Phi) is 5.34. The SMILES string of the molecule is COCCn1cnnc1C(C)NC(=O)c1cnc2c(c1)ncn2C1CCCC1. The molecule has 0 aromatic carbocycles. The molecule has 1 amide bonds. The van der Waals surface area contributed by atoms with E-state index in [1.807, 2.05) is 17.8 Å². The van der Waals surface area contributed by atoms with Crippen molar-refractivity contribution in [2.24, 2.45) is 0 Å². The summed E-state index contributed by atoms with van der Waals surface area (Å²) in [6.45, 7) is 3.06. The highest BCUT2D eigenvalue weighted by Gasteiger charge is 2.21. The zero-order valence-corrected chi connectivity index (χ0v) is 16.2. The van der Waals surface area contributed by atoms with Gasteiger partial charge in [0.2, 0.25) is 0 Å². The van der Waals surface area contributed by atoms with Gasteiger partial charge in [-0.05, 0) is 25.8 Å². The summed E-state index contributed by atoms with van der Waals surface area (Å²) in [4.78, 5) is 21.7. The second kappa shape index (κ2) is 8.05. The molecular formula is C19H25N7O2. The third-order valence-electron chi connectivity index (χ3n) is 5.31. The monoisotopic (exact) mass is 383 g/mol. The van der Waals surface area contributed by atoms with Crippen LogP contribution in [0.3, 0.4) is 0 Å². The molecule has 0 bridgehead atoms. The lowest BCUT2D eigenvalue weighted by molar-refractivity contribution is 0.0937. The molecule has 1 atom stereocenters. The average molecular weight is 383 g/mol. The standard InChI is InChI=1S/C19H25N7O2/c1-13(17-24-22-12-25(17)7-8-28-2)23-19(27)14-9-16-18(20-10-14)26(11-21-16)15-5-3-4-6-15/h9-13,15H,3-8H2,1-2H3,(H,23,27). The number of nitrogens with zero attached hydrogens (tertiary/aromatic N) is 6. The number of aromatic nitrogens is 6. The van der Waals surface area contributed by atoms with Crippen LogP contribution in [-0.2, 0) is 11.3 Å². The number of nitrogens with one attached hydrogen (secondary N) is 1. The molecular weight excluding hydrogens is 358 g/mol. The fourth-order valence-corrected chi connectivity index (χ4v) is 3.80. The molecule has 0 aliphatic heterocycles. The molecule has 1 saturated carbocycles. The van der Waals surface area contributed by atoms with E-state index >= 15 is 0 Å². The van der Waals surface area contributed by atoms with E-state index in [0.29, 0.717) is 30.6 Å². The minimum atomic E-state index is -0.293. The lowest BCUT2D eigenvalue weighted by atomic mass is 10.2. The molecule has 1 aliphatic rings. The van der Waals surface area contributed by atoms with Gasteiger partial charge in [0.15, 0.2) is 11.5 Å². The zero-order valence-electron chi connectivity index (χ0n) is 16.2. The van der Waals surface area contributed by atoms with Gasteiger partial charge in [0.05, 0.1) is 24.5 Å². The van der Waals surface area contributed by atoms with Crippen LogP contribution in [0.15, 0.2) is 24.9 Å². The molecule has 1 N–H and O–H groups in total. The molecule has 1 aliphatic carbocycles. The van der Waals surface area contributed by atoms with Gasteiger partial charge in [0.1, 0.15) is 11.8 Å². The average Bonchev–Trinajstić information content (AvgIpc) is 3.45. The van der Waals surface area contributed by atoms with Crippen molar-refractivity contribution in [2.75, 3.05) is 13.7 Å². The number of ether oxygens (including phenoxy) is 1. The second-order valence-corrected chi connectivity index (χ2v) is 7.23. The first-order chi connectivity index (χ1) is 13.7. The lowest BCUT2D eigenvalue weighted by Crippen LogP contribution is -2.29. The summed E-state index contributed by atoms with van der Waals surface area (Å²) in [5.74, 6) is 0.476. The Morgan fingerprint density at radius 3 is 2.93 bits per heavy atom. The molecule has 0 saturated heterocycles. The molecule has 3 aromatic heterocycles. The Balaban J connectivity index is 1.49. The van der Waals surface area contributed by atoms with Crippen LogP contribution in [0.4, 0.5) is 0 Å². The van der Waals surface area contributed by atoms with E-state index in [1.54, 1.807) is 25.7 Å². The summed E-state index contributed by atoms with van der Waals surface area (Å²) in [6.07, 6.45) is 9.92. The summed E-state index contributed by atoms with van der Waals surface area (Å²) < 4.78 is 9.12. The molecule has 9 heteroatoms. The molecule has 0 radical (unpaired) electrons. The van der Waals surface area contributed by atoms with Crippen LogP contribution < -0.4 is 5.32 Å². The molecule has 1 unspecified atom stereocenters. The van der Waals surface area contributed by atoms with Crippen molar-refractivity contribution in [1.29, 1.82) is 0 Å². The highest BCUT2D eigenvalue weighted by Crippen LogP contribution is 2.31. The van der Waals surface area contributed by atoms with Gasteiger partial charge in [-0.3, -0.25) is 4.79 Å². The molecule has 0 spiro atoms. The van der Waals surface area contributed by atoms with Crippen molar-refractivity contribution in [1.82, 2.24) is 34.6 Å². The van der Waals surface area contributed by atoms with Crippen molar-refractivity contribution >= 4 is 17.1 Å². The van der Waals surface area contributed by atoms with Gasteiger partial charge in [0.25, 0.3) is 5.91 Å². The van der Waals surface area contributed by atoms with Crippen LogP contribution in [-0.4, -0.2) is 48.9 Å². The van der Waals surface area contributed by atoms with Crippen LogP contribution in [0, 0.1) is 0 Å². The van der Waals surface area contributed by atoms with Crippen molar-refractivity contribution < 1.29 is 9.53 Å². The van der Waals surface area contributed by atoms with Gasteiger partial charge >= 0.3 is 0 Å². The highest BCUT2D eigenvalue weighted by atomic mass is 16.5. The van der Waals surface area contributed by atoms with Gasteiger partial charge in [-0.1, -0.05) is 12.8 Å². The maximum absolute atomic E-state index is 12.7. The Labute approximate surface area is 163 Å². The summed E-state index contributed by atoms with van der Waals surface area (Å²) >= 11 is 0. The Bertz CT molecular complexity index is 958. The summed E-state index contributed by atoms with van der Waals surface area (Å²) in [5.41, 5.74) is 2.07. The summed E-state index contributed by atoms with van der Waals surface area (Å²) in [7, 11) is 1.65. The minimum absolute atomic E-state index is 0.210. The quantitative estimate of drug-likeness (QED) is 0.672. The predicted molar refractivity (Wildman–Crippen MR) is 103 cm³/mol. The van der Waals surface area contributed by atoms with E-state index in [4.69, 9.17) is 4.74 Å². The normalized spacial score (nSPS) is 15.9. The number of amides is 1. The number of hydrogen-bond donors (Lipinski definition) is 1. The molecule has 1 fully saturated rings. The number of hydrogen-bond acceptors (Lipinski definition) is 6. The van der Waals surface area contributed by atoms with Crippen molar-refractivity contribution in [3.63, 3.8) is 0 Å². The van der Waals surface area contributed by atoms with Gasteiger partial charge in [-0.25, -0.2) is 9.97 Å². The third kappa shape index (κ3) is 3.62. The molecule has 28 heavy (non-hydrogen) atoms. The maximum Gasteiger partial charge on any atom is 0.253 e. The fraction of sp³-hybridized carbons (Fsp3) is 0.526. The molecule has 148 valence electrons. The van der Waals surface area contributed by atoms with Crippen LogP contribution in [0.2, 0.25) is 0 Å². The minimum Gasteiger partial charge on any atom is -0.383 e. The summed E-state index contributed by atoms with van der Waals surface area (Å²) in [5, 5.41) is 11.0. The first-order valence-electron chi connectivity index (χ1n) is 9.67. The highest BCUT2D eigenvalue weighted by molar-refractivity contribution is 5.96. The number of carbonyl (C=O) groups excluding carboxylic acids is 1. The van der Waals surface area contributed by atoms with E-state index in [-0.39, 0.29) is 11.9 Å². The van der Waals surface area contributed by atoms with E-state index in [9.17, 15) is 4.79 Å². The van der Waals surface area contributed by atoms with E-state index in [2.05, 4.69) is 30.0 Å². The van der Waals surface area contributed by atoms with Crippen LogP contribution in [0.25, 0.3) is 11.2 Å².